The number of benzene rings is 2. The van der Waals surface area contributed by atoms with Crippen LogP contribution in [0.3, 0.4) is 0 Å². The van der Waals surface area contributed by atoms with Crippen molar-refractivity contribution in [2.24, 2.45) is 0 Å². The van der Waals surface area contributed by atoms with Gasteiger partial charge in [-0.25, -0.2) is 9.18 Å². The molecule has 2 aromatic rings. The summed E-state index contributed by atoms with van der Waals surface area (Å²) in [5.74, 6) is -0.271. The highest BCUT2D eigenvalue weighted by Gasteiger charge is 2.32. The molecule has 0 spiro atoms. The lowest BCUT2D eigenvalue weighted by Gasteiger charge is -2.23. The SMILES string of the molecule is O=C1NCC(c2ccc(F)cc2)N1c1ccccc1. The van der Waals surface area contributed by atoms with E-state index in [4.69, 9.17) is 0 Å². The maximum Gasteiger partial charge on any atom is 0.322 e. The van der Waals surface area contributed by atoms with Gasteiger partial charge >= 0.3 is 6.03 Å². The predicted octanol–water partition coefficient (Wildman–Crippen LogP) is 3.10. The van der Waals surface area contributed by atoms with E-state index in [1.807, 2.05) is 30.3 Å². The topological polar surface area (TPSA) is 32.3 Å². The summed E-state index contributed by atoms with van der Waals surface area (Å²) in [5.41, 5.74) is 1.76. The van der Waals surface area contributed by atoms with Crippen molar-refractivity contribution < 1.29 is 9.18 Å². The number of para-hydroxylation sites is 1. The second-order valence-electron chi connectivity index (χ2n) is 4.46. The Labute approximate surface area is 110 Å². The number of carbonyl (C=O) groups is 1. The zero-order chi connectivity index (χ0) is 13.2. The van der Waals surface area contributed by atoms with Crippen LogP contribution in [0, 0.1) is 5.82 Å². The average molecular weight is 256 g/mol. The van der Waals surface area contributed by atoms with Crippen molar-refractivity contribution >= 4 is 11.7 Å². The standard InChI is InChI=1S/C15H13FN2O/c16-12-8-6-11(7-9-12)14-10-17-15(19)18(14)13-4-2-1-3-5-13/h1-9,14H,10H2,(H,17,19). The van der Waals surface area contributed by atoms with Crippen LogP contribution < -0.4 is 10.2 Å². The average Bonchev–Trinajstić information content (AvgIpc) is 2.82. The molecule has 0 radical (unpaired) electrons. The fourth-order valence-electron chi connectivity index (χ4n) is 2.34. The van der Waals surface area contributed by atoms with E-state index in [2.05, 4.69) is 5.32 Å². The number of urea groups is 1. The molecule has 0 aliphatic carbocycles. The van der Waals surface area contributed by atoms with Crippen molar-refractivity contribution in [2.45, 2.75) is 6.04 Å². The number of carbonyl (C=O) groups excluding carboxylic acids is 1. The molecule has 3 nitrogen and oxygen atoms in total. The zero-order valence-electron chi connectivity index (χ0n) is 10.2. The van der Waals surface area contributed by atoms with Crippen molar-refractivity contribution in [3.63, 3.8) is 0 Å². The molecular formula is C15H13FN2O. The highest BCUT2D eigenvalue weighted by molar-refractivity contribution is 5.95. The van der Waals surface area contributed by atoms with Gasteiger partial charge in [0.1, 0.15) is 5.82 Å². The second kappa shape index (κ2) is 4.72. The van der Waals surface area contributed by atoms with Crippen molar-refractivity contribution in [3.8, 4) is 0 Å². The Balaban J connectivity index is 1.97. The smallest absolute Gasteiger partial charge is 0.322 e. The maximum absolute atomic E-state index is 13.0. The summed E-state index contributed by atoms with van der Waals surface area (Å²) >= 11 is 0. The molecule has 1 unspecified atom stereocenters. The van der Waals surface area contributed by atoms with Gasteiger partial charge < -0.3 is 5.32 Å². The van der Waals surface area contributed by atoms with Crippen LogP contribution in [0.1, 0.15) is 11.6 Å². The van der Waals surface area contributed by atoms with E-state index < -0.39 is 0 Å². The molecule has 1 atom stereocenters. The van der Waals surface area contributed by atoms with Crippen molar-refractivity contribution in [2.75, 3.05) is 11.4 Å². The molecule has 1 aliphatic heterocycles. The van der Waals surface area contributed by atoms with Crippen LogP contribution in [0.5, 0.6) is 0 Å². The van der Waals surface area contributed by atoms with Gasteiger partial charge in [-0.05, 0) is 29.8 Å². The Kier molecular flexibility index (Phi) is 2.91. The molecule has 1 aliphatic rings. The highest BCUT2D eigenvalue weighted by Crippen LogP contribution is 2.30. The fraction of sp³-hybridized carbons (Fsp3) is 0.133. The molecule has 19 heavy (non-hydrogen) atoms. The molecule has 2 aromatic carbocycles. The predicted molar refractivity (Wildman–Crippen MR) is 71.5 cm³/mol. The summed E-state index contributed by atoms with van der Waals surface area (Å²) in [5, 5.41) is 2.82. The van der Waals surface area contributed by atoms with Gasteiger partial charge in [0.25, 0.3) is 0 Å². The van der Waals surface area contributed by atoms with Gasteiger partial charge in [0.05, 0.1) is 6.04 Å². The Morgan fingerprint density at radius 3 is 2.42 bits per heavy atom. The van der Waals surface area contributed by atoms with Gasteiger partial charge in [-0.2, -0.15) is 0 Å². The van der Waals surface area contributed by atoms with E-state index in [0.29, 0.717) is 6.54 Å². The summed E-state index contributed by atoms with van der Waals surface area (Å²) in [7, 11) is 0. The molecule has 1 heterocycles. The summed E-state index contributed by atoms with van der Waals surface area (Å²) in [6, 6.07) is 15.5. The van der Waals surface area contributed by atoms with E-state index in [9.17, 15) is 9.18 Å². The van der Waals surface area contributed by atoms with Gasteiger partial charge in [-0.15, -0.1) is 0 Å². The van der Waals surface area contributed by atoms with Crippen LogP contribution in [0.2, 0.25) is 0 Å². The van der Waals surface area contributed by atoms with E-state index in [-0.39, 0.29) is 17.9 Å². The third-order valence-electron chi connectivity index (χ3n) is 3.27. The Morgan fingerprint density at radius 1 is 1.05 bits per heavy atom. The minimum Gasteiger partial charge on any atom is -0.335 e. The molecule has 0 bridgehead atoms. The maximum atomic E-state index is 13.0. The lowest BCUT2D eigenvalue weighted by molar-refractivity contribution is 0.251. The van der Waals surface area contributed by atoms with E-state index in [0.717, 1.165) is 11.3 Å². The molecular weight excluding hydrogens is 243 g/mol. The first kappa shape index (κ1) is 11.7. The zero-order valence-corrected chi connectivity index (χ0v) is 10.2. The Morgan fingerprint density at radius 2 is 1.74 bits per heavy atom. The van der Waals surface area contributed by atoms with E-state index in [1.54, 1.807) is 17.0 Å². The van der Waals surface area contributed by atoms with Gasteiger partial charge in [0, 0.05) is 12.2 Å². The molecule has 4 heteroatoms. The van der Waals surface area contributed by atoms with Gasteiger partial charge in [0.15, 0.2) is 0 Å². The third-order valence-corrected chi connectivity index (χ3v) is 3.27. The molecule has 96 valence electrons. The lowest BCUT2D eigenvalue weighted by atomic mass is 10.1. The molecule has 0 aromatic heterocycles. The number of hydrogen-bond acceptors (Lipinski definition) is 1. The molecule has 1 fully saturated rings. The fourth-order valence-corrected chi connectivity index (χ4v) is 2.34. The quantitative estimate of drug-likeness (QED) is 0.879. The first-order chi connectivity index (χ1) is 9.25. The van der Waals surface area contributed by atoms with Crippen LogP contribution in [-0.2, 0) is 0 Å². The van der Waals surface area contributed by atoms with Crippen LogP contribution in [-0.4, -0.2) is 12.6 Å². The largest absolute Gasteiger partial charge is 0.335 e. The summed E-state index contributed by atoms with van der Waals surface area (Å²) in [6.45, 7) is 0.527. The summed E-state index contributed by atoms with van der Waals surface area (Å²) in [4.78, 5) is 13.7. The van der Waals surface area contributed by atoms with Crippen LogP contribution in [0.15, 0.2) is 54.6 Å². The Bertz CT molecular complexity index is 583. The number of halogens is 1. The minimum absolute atomic E-state index is 0.101. The Hall–Kier alpha value is -2.36. The third kappa shape index (κ3) is 2.17. The second-order valence-corrected chi connectivity index (χ2v) is 4.46. The molecule has 0 saturated carbocycles. The molecule has 3 rings (SSSR count). The van der Waals surface area contributed by atoms with Crippen LogP contribution in [0.25, 0.3) is 0 Å². The molecule has 1 N–H and O–H groups in total. The number of hydrogen-bond donors (Lipinski definition) is 1. The lowest BCUT2D eigenvalue weighted by Crippen LogP contribution is -2.29. The van der Waals surface area contributed by atoms with Crippen LogP contribution >= 0.6 is 0 Å². The highest BCUT2D eigenvalue weighted by atomic mass is 19.1. The number of nitrogens with zero attached hydrogens (tertiary/aromatic N) is 1. The monoisotopic (exact) mass is 256 g/mol. The molecule has 2 amide bonds. The van der Waals surface area contributed by atoms with E-state index in [1.165, 1.54) is 12.1 Å². The first-order valence-electron chi connectivity index (χ1n) is 6.13. The summed E-state index contributed by atoms with van der Waals surface area (Å²) in [6.07, 6.45) is 0. The normalized spacial score (nSPS) is 18.5. The van der Waals surface area contributed by atoms with Crippen molar-refractivity contribution in [3.05, 3.63) is 66.0 Å². The van der Waals surface area contributed by atoms with Crippen molar-refractivity contribution in [1.29, 1.82) is 0 Å². The number of amides is 2. The number of anilines is 1. The minimum atomic E-state index is -0.271. The van der Waals surface area contributed by atoms with E-state index >= 15 is 0 Å². The number of nitrogens with one attached hydrogen (secondary N) is 1. The molecule has 1 saturated heterocycles. The summed E-state index contributed by atoms with van der Waals surface area (Å²) < 4.78 is 13.0. The van der Waals surface area contributed by atoms with Crippen molar-refractivity contribution in [1.82, 2.24) is 5.32 Å². The van der Waals surface area contributed by atoms with Gasteiger partial charge in [-0.3, -0.25) is 4.90 Å². The van der Waals surface area contributed by atoms with Crippen LogP contribution in [0.4, 0.5) is 14.9 Å². The number of rotatable bonds is 2. The van der Waals surface area contributed by atoms with Gasteiger partial charge in [0.2, 0.25) is 0 Å². The van der Waals surface area contributed by atoms with Gasteiger partial charge in [-0.1, -0.05) is 30.3 Å². The first-order valence-corrected chi connectivity index (χ1v) is 6.13.